The number of halogens is 1. The maximum atomic E-state index is 8.50. The van der Waals surface area contributed by atoms with Crippen molar-refractivity contribution < 1.29 is 0 Å². The molecular formula is C11H12BrN. The van der Waals surface area contributed by atoms with Crippen LogP contribution in [-0.4, -0.2) is 0 Å². The van der Waals surface area contributed by atoms with E-state index in [2.05, 4.69) is 41.1 Å². The number of nitriles is 1. The van der Waals surface area contributed by atoms with Crippen LogP contribution in [-0.2, 0) is 12.8 Å². The molecule has 0 saturated carbocycles. The number of nitrogens with zero attached hydrogens (tertiary/aromatic N) is 1. The van der Waals surface area contributed by atoms with E-state index in [0.29, 0.717) is 6.42 Å². The van der Waals surface area contributed by atoms with Crippen LogP contribution in [0.5, 0.6) is 0 Å². The summed E-state index contributed by atoms with van der Waals surface area (Å²) in [5, 5.41) is 8.50. The highest BCUT2D eigenvalue weighted by Gasteiger charge is 2.03. The van der Waals surface area contributed by atoms with Crippen LogP contribution in [0.25, 0.3) is 0 Å². The van der Waals surface area contributed by atoms with Crippen molar-refractivity contribution >= 4 is 15.9 Å². The Labute approximate surface area is 87.5 Å². The normalized spacial score (nSPS) is 9.62. The Kier molecular flexibility index (Phi) is 3.98. The Morgan fingerprint density at radius 2 is 2.23 bits per heavy atom. The van der Waals surface area contributed by atoms with Crippen LogP contribution in [0.1, 0.15) is 24.5 Å². The quantitative estimate of drug-likeness (QED) is 0.790. The van der Waals surface area contributed by atoms with Gasteiger partial charge in [-0.2, -0.15) is 5.26 Å². The summed E-state index contributed by atoms with van der Waals surface area (Å²) in [4.78, 5) is 0. The summed E-state index contributed by atoms with van der Waals surface area (Å²) in [6.07, 6.45) is 2.48. The van der Waals surface area contributed by atoms with Crippen molar-refractivity contribution in [1.29, 1.82) is 5.26 Å². The summed E-state index contributed by atoms with van der Waals surface area (Å²) in [5.74, 6) is 0. The van der Waals surface area contributed by atoms with E-state index in [1.54, 1.807) is 0 Å². The first-order valence-corrected chi connectivity index (χ1v) is 5.22. The van der Waals surface area contributed by atoms with E-state index in [9.17, 15) is 0 Å². The average molecular weight is 238 g/mol. The minimum Gasteiger partial charge on any atom is -0.198 e. The lowest BCUT2D eigenvalue weighted by Gasteiger charge is -2.07. The Hall–Kier alpha value is -0.810. The zero-order chi connectivity index (χ0) is 9.68. The van der Waals surface area contributed by atoms with Crippen LogP contribution in [0.4, 0.5) is 0 Å². The second-order valence-corrected chi connectivity index (χ2v) is 3.74. The first-order valence-electron chi connectivity index (χ1n) is 4.42. The van der Waals surface area contributed by atoms with E-state index < -0.39 is 0 Å². The van der Waals surface area contributed by atoms with Gasteiger partial charge in [0.15, 0.2) is 0 Å². The van der Waals surface area contributed by atoms with Crippen molar-refractivity contribution in [2.75, 3.05) is 0 Å². The van der Waals surface area contributed by atoms with Crippen LogP contribution in [0.3, 0.4) is 0 Å². The Morgan fingerprint density at radius 1 is 1.46 bits per heavy atom. The smallest absolute Gasteiger partial charge is 0.0625 e. The number of hydrogen-bond donors (Lipinski definition) is 0. The molecule has 0 amide bonds. The fourth-order valence-electron chi connectivity index (χ4n) is 1.42. The van der Waals surface area contributed by atoms with Crippen molar-refractivity contribution in [3.8, 4) is 6.07 Å². The molecule has 0 aliphatic rings. The predicted molar refractivity (Wildman–Crippen MR) is 57.5 cm³/mol. The Bertz CT molecular complexity index is 325. The van der Waals surface area contributed by atoms with E-state index in [0.717, 1.165) is 17.3 Å². The van der Waals surface area contributed by atoms with E-state index in [1.165, 1.54) is 11.1 Å². The highest BCUT2D eigenvalue weighted by atomic mass is 79.9. The lowest BCUT2D eigenvalue weighted by Crippen LogP contribution is -1.93. The van der Waals surface area contributed by atoms with Gasteiger partial charge in [-0.3, -0.25) is 0 Å². The summed E-state index contributed by atoms with van der Waals surface area (Å²) >= 11 is 3.52. The molecule has 1 rings (SSSR count). The molecule has 0 radical (unpaired) electrons. The fourth-order valence-corrected chi connectivity index (χ4v) is 2.11. The highest BCUT2D eigenvalue weighted by Crippen LogP contribution is 2.22. The van der Waals surface area contributed by atoms with E-state index in [1.807, 2.05) is 6.07 Å². The van der Waals surface area contributed by atoms with E-state index in [-0.39, 0.29) is 0 Å². The first kappa shape index (κ1) is 10.3. The minimum absolute atomic E-state index is 0.601. The van der Waals surface area contributed by atoms with E-state index in [4.69, 9.17) is 5.26 Å². The molecule has 0 unspecified atom stereocenters. The maximum Gasteiger partial charge on any atom is 0.0625 e. The number of benzene rings is 1. The van der Waals surface area contributed by atoms with Gasteiger partial charge in [-0.05, 0) is 30.0 Å². The molecule has 0 N–H and O–H groups in total. The molecule has 1 aromatic carbocycles. The predicted octanol–water partition coefficient (Wildman–Crippen LogP) is 3.47. The molecule has 1 nitrogen and oxygen atoms in total. The van der Waals surface area contributed by atoms with Gasteiger partial charge < -0.3 is 0 Å². The van der Waals surface area contributed by atoms with Gasteiger partial charge in [0.1, 0.15) is 0 Å². The third-order valence-corrected chi connectivity index (χ3v) is 2.82. The van der Waals surface area contributed by atoms with Gasteiger partial charge in [0.25, 0.3) is 0 Å². The summed E-state index contributed by atoms with van der Waals surface area (Å²) in [6, 6.07) is 8.34. The fraction of sp³-hybridized carbons (Fsp3) is 0.364. The molecule has 0 heterocycles. The zero-order valence-electron chi connectivity index (χ0n) is 7.68. The molecule has 0 spiro atoms. The van der Waals surface area contributed by atoms with Gasteiger partial charge in [0.2, 0.25) is 0 Å². The monoisotopic (exact) mass is 237 g/mol. The van der Waals surface area contributed by atoms with Crippen LogP contribution in [0, 0.1) is 11.3 Å². The van der Waals surface area contributed by atoms with E-state index >= 15 is 0 Å². The molecule has 13 heavy (non-hydrogen) atoms. The summed E-state index contributed by atoms with van der Waals surface area (Å²) in [6.45, 7) is 2.13. The second-order valence-electron chi connectivity index (χ2n) is 2.89. The summed E-state index contributed by atoms with van der Waals surface area (Å²) in [7, 11) is 0. The molecule has 1 aromatic rings. The second kappa shape index (κ2) is 5.04. The molecule has 0 aliphatic heterocycles. The summed E-state index contributed by atoms with van der Waals surface area (Å²) < 4.78 is 1.16. The minimum atomic E-state index is 0.601. The summed E-state index contributed by atoms with van der Waals surface area (Å²) in [5.41, 5.74) is 2.62. The molecule has 0 atom stereocenters. The van der Waals surface area contributed by atoms with Crippen LogP contribution >= 0.6 is 15.9 Å². The largest absolute Gasteiger partial charge is 0.198 e. The molecule has 0 fully saturated rings. The highest BCUT2D eigenvalue weighted by molar-refractivity contribution is 9.10. The van der Waals surface area contributed by atoms with Gasteiger partial charge in [-0.1, -0.05) is 35.0 Å². The zero-order valence-corrected chi connectivity index (χ0v) is 9.26. The standard InChI is InChI=1S/C11H12BrN/c1-2-10-9(6-4-8-13)5-3-7-11(10)12/h3,5,7H,2,4,6H2,1H3. The molecule has 2 heteroatoms. The maximum absolute atomic E-state index is 8.50. The van der Waals surface area contributed by atoms with Gasteiger partial charge >= 0.3 is 0 Å². The molecular weight excluding hydrogens is 226 g/mol. The third-order valence-electron chi connectivity index (χ3n) is 2.08. The number of aryl methyl sites for hydroxylation is 1. The van der Waals surface area contributed by atoms with Crippen molar-refractivity contribution in [3.63, 3.8) is 0 Å². The van der Waals surface area contributed by atoms with Gasteiger partial charge in [-0.25, -0.2) is 0 Å². The SMILES string of the molecule is CCc1c(Br)cccc1CCC#N. The third kappa shape index (κ3) is 2.57. The Balaban J connectivity index is 2.93. The van der Waals surface area contributed by atoms with Crippen LogP contribution in [0.2, 0.25) is 0 Å². The molecule has 0 bridgehead atoms. The van der Waals surface area contributed by atoms with Gasteiger partial charge in [0.05, 0.1) is 6.07 Å². The molecule has 0 aromatic heterocycles. The number of hydrogen-bond acceptors (Lipinski definition) is 1. The molecule has 0 aliphatic carbocycles. The van der Waals surface area contributed by atoms with Gasteiger partial charge in [-0.15, -0.1) is 0 Å². The number of rotatable bonds is 3. The Morgan fingerprint density at radius 3 is 2.85 bits per heavy atom. The van der Waals surface area contributed by atoms with Gasteiger partial charge in [0, 0.05) is 10.9 Å². The van der Waals surface area contributed by atoms with Crippen molar-refractivity contribution in [2.24, 2.45) is 0 Å². The lowest BCUT2D eigenvalue weighted by molar-refractivity contribution is 0.963. The van der Waals surface area contributed by atoms with Crippen molar-refractivity contribution in [3.05, 3.63) is 33.8 Å². The molecule has 68 valence electrons. The first-order chi connectivity index (χ1) is 6.29. The van der Waals surface area contributed by atoms with Crippen LogP contribution < -0.4 is 0 Å². The molecule has 0 saturated heterocycles. The lowest BCUT2D eigenvalue weighted by atomic mass is 10.0. The van der Waals surface area contributed by atoms with Crippen molar-refractivity contribution in [1.82, 2.24) is 0 Å². The van der Waals surface area contributed by atoms with Crippen molar-refractivity contribution in [2.45, 2.75) is 26.2 Å². The topological polar surface area (TPSA) is 23.8 Å². The average Bonchev–Trinajstić information content (AvgIpc) is 2.15. The van der Waals surface area contributed by atoms with Crippen LogP contribution in [0.15, 0.2) is 22.7 Å².